The van der Waals surface area contributed by atoms with E-state index < -0.39 is 0 Å². The molecule has 0 radical (unpaired) electrons. The van der Waals surface area contributed by atoms with Crippen molar-refractivity contribution in [1.29, 1.82) is 0 Å². The van der Waals surface area contributed by atoms with Crippen LogP contribution in [-0.2, 0) is 4.74 Å². The van der Waals surface area contributed by atoms with Crippen LogP contribution in [0.3, 0.4) is 0 Å². The fourth-order valence-corrected chi connectivity index (χ4v) is 2.34. The van der Waals surface area contributed by atoms with Gasteiger partial charge in [-0.3, -0.25) is 0 Å². The zero-order valence-electron chi connectivity index (χ0n) is 10.1. The molecule has 3 heteroatoms. The zero-order valence-corrected chi connectivity index (χ0v) is 10.1. The SMILES string of the molecule is C[C@H](C[C@H]1CCCO1)N[C@@H](C)c1ccco1. The predicted octanol–water partition coefficient (Wildman–Crippen LogP) is 2.89. The third kappa shape index (κ3) is 3.09. The van der Waals surface area contributed by atoms with Crippen LogP contribution in [-0.4, -0.2) is 18.8 Å². The molecule has 1 N–H and O–H groups in total. The number of furan rings is 1. The summed E-state index contributed by atoms with van der Waals surface area (Å²) in [6.07, 6.45) is 5.68. The van der Waals surface area contributed by atoms with Gasteiger partial charge in [0, 0.05) is 12.6 Å². The topological polar surface area (TPSA) is 34.4 Å². The summed E-state index contributed by atoms with van der Waals surface area (Å²) in [4.78, 5) is 0. The van der Waals surface area contributed by atoms with Gasteiger partial charge in [-0.1, -0.05) is 0 Å². The molecule has 0 aromatic carbocycles. The Kier molecular flexibility index (Phi) is 4.02. The molecule has 1 aromatic heterocycles. The van der Waals surface area contributed by atoms with Crippen molar-refractivity contribution in [1.82, 2.24) is 5.32 Å². The van der Waals surface area contributed by atoms with Crippen LogP contribution in [0.4, 0.5) is 0 Å². The first kappa shape index (κ1) is 11.7. The van der Waals surface area contributed by atoms with Crippen molar-refractivity contribution in [3.8, 4) is 0 Å². The summed E-state index contributed by atoms with van der Waals surface area (Å²) in [6.45, 7) is 5.27. The maximum Gasteiger partial charge on any atom is 0.120 e. The minimum atomic E-state index is 0.270. The number of rotatable bonds is 5. The molecule has 1 aliphatic heterocycles. The molecule has 0 unspecified atom stereocenters. The lowest BCUT2D eigenvalue weighted by Gasteiger charge is -2.21. The van der Waals surface area contributed by atoms with Gasteiger partial charge in [0.1, 0.15) is 5.76 Å². The Labute approximate surface area is 97.2 Å². The van der Waals surface area contributed by atoms with E-state index in [-0.39, 0.29) is 6.04 Å². The first-order chi connectivity index (χ1) is 7.75. The first-order valence-corrected chi connectivity index (χ1v) is 6.17. The molecule has 0 saturated carbocycles. The molecule has 0 amide bonds. The van der Waals surface area contributed by atoms with Crippen molar-refractivity contribution in [2.45, 2.75) is 51.3 Å². The summed E-state index contributed by atoms with van der Waals surface area (Å²) in [5.41, 5.74) is 0. The lowest BCUT2D eigenvalue weighted by Crippen LogP contribution is -2.31. The molecule has 3 atom stereocenters. The average molecular weight is 223 g/mol. The van der Waals surface area contributed by atoms with Crippen LogP contribution in [0, 0.1) is 0 Å². The van der Waals surface area contributed by atoms with Crippen molar-refractivity contribution in [2.24, 2.45) is 0 Å². The lowest BCUT2D eigenvalue weighted by molar-refractivity contribution is 0.0949. The Balaban J connectivity index is 1.75. The Bertz CT molecular complexity index is 291. The Morgan fingerprint density at radius 1 is 1.50 bits per heavy atom. The second-order valence-electron chi connectivity index (χ2n) is 4.68. The van der Waals surface area contributed by atoms with E-state index in [1.54, 1.807) is 6.26 Å². The van der Waals surface area contributed by atoms with Gasteiger partial charge < -0.3 is 14.5 Å². The molecule has 1 saturated heterocycles. The van der Waals surface area contributed by atoms with Crippen LogP contribution in [0.1, 0.15) is 44.9 Å². The molecule has 2 rings (SSSR count). The van der Waals surface area contributed by atoms with Gasteiger partial charge in [0.05, 0.1) is 18.4 Å². The maximum atomic E-state index is 5.63. The van der Waals surface area contributed by atoms with Gasteiger partial charge in [-0.2, -0.15) is 0 Å². The quantitative estimate of drug-likeness (QED) is 0.833. The summed E-state index contributed by atoms with van der Waals surface area (Å²) in [5.74, 6) is 0.999. The van der Waals surface area contributed by atoms with Crippen molar-refractivity contribution in [2.75, 3.05) is 6.61 Å². The number of ether oxygens (including phenoxy) is 1. The van der Waals surface area contributed by atoms with E-state index in [0.29, 0.717) is 12.1 Å². The van der Waals surface area contributed by atoms with E-state index in [2.05, 4.69) is 19.2 Å². The van der Waals surface area contributed by atoms with E-state index in [0.717, 1.165) is 18.8 Å². The predicted molar refractivity (Wildman–Crippen MR) is 63.3 cm³/mol. The summed E-state index contributed by atoms with van der Waals surface area (Å²) in [6, 6.07) is 4.67. The molecule has 1 aliphatic rings. The summed E-state index contributed by atoms with van der Waals surface area (Å²) < 4.78 is 11.0. The third-order valence-electron chi connectivity index (χ3n) is 3.14. The van der Waals surface area contributed by atoms with Crippen LogP contribution in [0.5, 0.6) is 0 Å². The van der Waals surface area contributed by atoms with Crippen LogP contribution < -0.4 is 5.32 Å². The van der Waals surface area contributed by atoms with E-state index in [1.165, 1.54) is 12.8 Å². The molecule has 16 heavy (non-hydrogen) atoms. The average Bonchev–Trinajstić information content (AvgIpc) is 2.88. The second-order valence-corrected chi connectivity index (χ2v) is 4.68. The highest BCUT2D eigenvalue weighted by atomic mass is 16.5. The van der Waals surface area contributed by atoms with Gasteiger partial charge in [-0.25, -0.2) is 0 Å². The van der Waals surface area contributed by atoms with Crippen molar-refractivity contribution >= 4 is 0 Å². The standard InChI is InChI=1S/C13H21NO2/c1-10(9-12-5-3-7-15-12)14-11(2)13-6-4-8-16-13/h4,6,8,10-12,14H,3,5,7,9H2,1-2H3/t10-,11+,12-/m1/s1. The highest BCUT2D eigenvalue weighted by Gasteiger charge is 2.20. The van der Waals surface area contributed by atoms with E-state index in [4.69, 9.17) is 9.15 Å². The molecule has 0 aliphatic carbocycles. The van der Waals surface area contributed by atoms with Gasteiger partial charge in [-0.05, 0) is 45.2 Å². The Hall–Kier alpha value is -0.800. The fourth-order valence-electron chi connectivity index (χ4n) is 2.34. The number of hydrogen-bond acceptors (Lipinski definition) is 3. The van der Waals surface area contributed by atoms with Crippen LogP contribution >= 0.6 is 0 Å². The summed E-state index contributed by atoms with van der Waals surface area (Å²) in [7, 11) is 0. The zero-order chi connectivity index (χ0) is 11.4. The largest absolute Gasteiger partial charge is 0.468 e. The number of hydrogen-bond donors (Lipinski definition) is 1. The Morgan fingerprint density at radius 3 is 3.00 bits per heavy atom. The molecule has 0 bridgehead atoms. The molecule has 2 heterocycles. The van der Waals surface area contributed by atoms with Gasteiger partial charge in [-0.15, -0.1) is 0 Å². The van der Waals surface area contributed by atoms with Gasteiger partial charge in [0.15, 0.2) is 0 Å². The van der Waals surface area contributed by atoms with Gasteiger partial charge in [0.2, 0.25) is 0 Å². The highest BCUT2D eigenvalue weighted by molar-refractivity contribution is 5.03. The fraction of sp³-hybridized carbons (Fsp3) is 0.692. The second kappa shape index (κ2) is 5.51. The smallest absolute Gasteiger partial charge is 0.120 e. The molecule has 3 nitrogen and oxygen atoms in total. The van der Waals surface area contributed by atoms with Crippen molar-refractivity contribution in [3.05, 3.63) is 24.2 Å². The monoisotopic (exact) mass is 223 g/mol. The number of nitrogens with one attached hydrogen (secondary N) is 1. The van der Waals surface area contributed by atoms with E-state index in [9.17, 15) is 0 Å². The van der Waals surface area contributed by atoms with Crippen molar-refractivity contribution < 1.29 is 9.15 Å². The minimum absolute atomic E-state index is 0.270. The van der Waals surface area contributed by atoms with Crippen LogP contribution in [0.2, 0.25) is 0 Å². The van der Waals surface area contributed by atoms with E-state index >= 15 is 0 Å². The van der Waals surface area contributed by atoms with Crippen LogP contribution in [0.15, 0.2) is 22.8 Å². The highest BCUT2D eigenvalue weighted by Crippen LogP contribution is 2.19. The molecule has 1 fully saturated rings. The normalized spacial score (nSPS) is 24.5. The lowest BCUT2D eigenvalue weighted by atomic mass is 10.1. The van der Waals surface area contributed by atoms with Crippen LogP contribution in [0.25, 0.3) is 0 Å². The molecule has 0 spiro atoms. The molecule has 90 valence electrons. The third-order valence-corrected chi connectivity index (χ3v) is 3.14. The summed E-state index contributed by atoms with van der Waals surface area (Å²) >= 11 is 0. The Morgan fingerprint density at radius 2 is 2.38 bits per heavy atom. The van der Waals surface area contributed by atoms with Gasteiger partial charge in [0.25, 0.3) is 0 Å². The molecular formula is C13H21NO2. The minimum Gasteiger partial charge on any atom is -0.468 e. The van der Waals surface area contributed by atoms with Crippen molar-refractivity contribution in [3.63, 3.8) is 0 Å². The molecule has 1 aromatic rings. The van der Waals surface area contributed by atoms with E-state index in [1.807, 2.05) is 12.1 Å². The summed E-state index contributed by atoms with van der Waals surface area (Å²) in [5, 5.41) is 3.54. The maximum absolute atomic E-state index is 5.63. The molecular weight excluding hydrogens is 202 g/mol. The van der Waals surface area contributed by atoms with Gasteiger partial charge >= 0.3 is 0 Å². The first-order valence-electron chi connectivity index (χ1n) is 6.17.